The van der Waals surface area contributed by atoms with E-state index in [0.29, 0.717) is 5.92 Å². The third-order valence-electron chi connectivity index (χ3n) is 5.84. The Morgan fingerprint density at radius 3 is 2.62 bits per heavy atom. The average molecular weight is 359 g/mol. The molecule has 2 aliphatic heterocycles. The predicted molar refractivity (Wildman–Crippen MR) is 106 cm³/mol. The second-order valence-electron chi connectivity index (χ2n) is 7.86. The Bertz CT molecular complexity index is 534. The molecule has 2 saturated heterocycles. The highest BCUT2D eigenvalue weighted by atomic mass is 16.2. The van der Waals surface area contributed by atoms with Crippen LogP contribution in [0.4, 0.5) is 0 Å². The van der Waals surface area contributed by atoms with E-state index in [1.807, 2.05) is 0 Å². The van der Waals surface area contributed by atoms with Gasteiger partial charge in [-0.1, -0.05) is 30.3 Å². The number of likely N-dealkylation sites (N-methyl/N-ethyl adjacent to an activating group) is 1. The van der Waals surface area contributed by atoms with Crippen LogP contribution in [0.25, 0.3) is 0 Å². The minimum atomic E-state index is -0.00420. The highest BCUT2D eigenvalue weighted by Gasteiger charge is 2.25. The maximum Gasteiger partial charge on any atom is 0.237 e. The van der Waals surface area contributed by atoms with Crippen LogP contribution >= 0.6 is 0 Å². The topological polar surface area (TPSA) is 47.6 Å². The van der Waals surface area contributed by atoms with Gasteiger partial charge in [0.2, 0.25) is 5.91 Å². The van der Waals surface area contributed by atoms with E-state index in [-0.39, 0.29) is 11.9 Å². The van der Waals surface area contributed by atoms with Crippen molar-refractivity contribution in [3.05, 3.63) is 35.9 Å². The van der Waals surface area contributed by atoms with Gasteiger partial charge in [-0.25, -0.2) is 0 Å². The number of rotatable bonds is 7. The fraction of sp³-hybridized carbons (Fsp3) is 0.667. The lowest BCUT2D eigenvalue weighted by Crippen LogP contribution is -2.51. The molecule has 1 aromatic rings. The van der Waals surface area contributed by atoms with Gasteiger partial charge >= 0.3 is 0 Å². The Labute approximate surface area is 158 Å². The number of amides is 1. The highest BCUT2D eigenvalue weighted by molar-refractivity contribution is 5.81. The van der Waals surface area contributed by atoms with Gasteiger partial charge in [0.1, 0.15) is 0 Å². The molecule has 2 atom stereocenters. The fourth-order valence-corrected chi connectivity index (χ4v) is 3.93. The zero-order valence-electron chi connectivity index (χ0n) is 16.1. The summed E-state index contributed by atoms with van der Waals surface area (Å²) >= 11 is 0. The molecule has 1 amide bonds. The summed E-state index contributed by atoms with van der Waals surface area (Å²) in [5.74, 6) is 0.866. The van der Waals surface area contributed by atoms with E-state index in [4.69, 9.17) is 0 Å². The molecule has 26 heavy (non-hydrogen) atoms. The van der Waals surface area contributed by atoms with Crippen molar-refractivity contribution in [3.8, 4) is 0 Å². The van der Waals surface area contributed by atoms with Crippen molar-refractivity contribution in [1.29, 1.82) is 0 Å². The molecule has 5 heteroatoms. The summed E-state index contributed by atoms with van der Waals surface area (Å²) in [5, 5.41) is 6.59. The first-order valence-corrected chi connectivity index (χ1v) is 10.2. The smallest absolute Gasteiger partial charge is 0.237 e. The van der Waals surface area contributed by atoms with E-state index < -0.39 is 0 Å². The van der Waals surface area contributed by atoms with Crippen LogP contribution < -0.4 is 10.6 Å². The van der Waals surface area contributed by atoms with E-state index in [9.17, 15) is 4.79 Å². The molecule has 5 nitrogen and oxygen atoms in total. The van der Waals surface area contributed by atoms with Gasteiger partial charge in [0.15, 0.2) is 0 Å². The number of piperidine rings is 1. The summed E-state index contributed by atoms with van der Waals surface area (Å²) in [6, 6.07) is 10.7. The monoisotopic (exact) mass is 358 g/mol. The Morgan fingerprint density at radius 2 is 1.92 bits per heavy atom. The molecule has 2 heterocycles. The van der Waals surface area contributed by atoms with Crippen molar-refractivity contribution in [1.82, 2.24) is 20.4 Å². The quantitative estimate of drug-likeness (QED) is 0.773. The number of nitrogens with zero attached hydrogens (tertiary/aromatic N) is 2. The maximum absolute atomic E-state index is 12.4. The molecule has 2 fully saturated rings. The number of hydrogen-bond donors (Lipinski definition) is 2. The number of benzene rings is 1. The summed E-state index contributed by atoms with van der Waals surface area (Å²) < 4.78 is 0. The minimum absolute atomic E-state index is 0.00420. The van der Waals surface area contributed by atoms with Crippen molar-refractivity contribution < 1.29 is 4.79 Å². The first-order chi connectivity index (χ1) is 12.7. The molecule has 2 N–H and O–H groups in total. The summed E-state index contributed by atoms with van der Waals surface area (Å²) in [5.41, 5.74) is 1.41. The standard InChI is InChI=1S/C21H34N4O/c1-24-13-15-25(16-14-24)12-11-22-21(26)20-10-9-19(17-23-20)8-7-18-5-3-2-4-6-18/h2-6,19-20,23H,7-17H2,1H3,(H,22,26). The number of aryl methyl sites for hydroxylation is 1. The molecule has 0 radical (unpaired) electrons. The molecule has 2 unspecified atom stereocenters. The second-order valence-corrected chi connectivity index (χ2v) is 7.86. The SMILES string of the molecule is CN1CCN(CCNC(=O)C2CCC(CCc3ccccc3)CN2)CC1. The number of carbonyl (C=O) groups is 1. The third-order valence-corrected chi connectivity index (χ3v) is 5.84. The van der Waals surface area contributed by atoms with Crippen molar-refractivity contribution in [2.45, 2.75) is 31.7 Å². The van der Waals surface area contributed by atoms with Crippen LogP contribution in [0.1, 0.15) is 24.8 Å². The average Bonchev–Trinajstić information content (AvgIpc) is 2.69. The van der Waals surface area contributed by atoms with Crippen molar-refractivity contribution in [2.24, 2.45) is 5.92 Å². The fourth-order valence-electron chi connectivity index (χ4n) is 3.93. The summed E-state index contributed by atoms with van der Waals surface area (Å²) in [6.07, 6.45) is 4.44. The van der Waals surface area contributed by atoms with Crippen molar-refractivity contribution in [3.63, 3.8) is 0 Å². The lowest BCUT2D eigenvalue weighted by Gasteiger charge is -2.33. The highest BCUT2D eigenvalue weighted by Crippen LogP contribution is 2.20. The van der Waals surface area contributed by atoms with Gasteiger partial charge in [0, 0.05) is 39.3 Å². The van der Waals surface area contributed by atoms with E-state index in [2.05, 4.69) is 57.8 Å². The van der Waals surface area contributed by atoms with Crippen LogP contribution in [0.15, 0.2) is 30.3 Å². The van der Waals surface area contributed by atoms with E-state index in [1.54, 1.807) is 0 Å². The minimum Gasteiger partial charge on any atom is -0.353 e. The predicted octanol–water partition coefficient (Wildman–Crippen LogP) is 1.35. The van der Waals surface area contributed by atoms with Crippen LogP contribution in [0.2, 0.25) is 0 Å². The number of carbonyl (C=O) groups excluding carboxylic acids is 1. The molecule has 0 saturated carbocycles. The van der Waals surface area contributed by atoms with Gasteiger partial charge in [0.25, 0.3) is 0 Å². The van der Waals surface area contributed by atoms with E-state index in [1.165, 1.54) is 12.0 Å². The Hall–Kier alpha value is -1.43. The molecule has 0 bridgehead atoms. The molecule has 2 aliphatic rings. The molecule has 0 aromatic heterocycles. The Balaban J connectivity index is 1.28. The number of piperazine rings is 1. The molecule has 1 aromatic carbocycles. The summed E-state index contributed by atoms with van der Waals surface area (Å²) in [4.78, 5) is 17.2. The third kappa shape index (κ3) is 6.08. The van der Waals surface area contributed by atoms with Gasteiger partial charge in [-0.05, 0) is 50.8 Å². The lowest BCUT2D eigenvalue weighted by molar-refractivity contribution is -0.123. The van der Waals surface area contributed by atoms with Gasteiger partial charge in [0.05, 0.1) is 6.04 Å². The largest absolute Gasteiger partial charge is 0.353 e. The molecular weight excluding hydrogens is 324 g/mol. The van der Waals surface area contributed by atoms with Crippen molar-refractivity contribution >= 4 is 5.91 Å². The van der Waals surface area contributed by atoms with Crippen molar-refractivity contribution in [2.75, 3.05) is 52.9 Å². The summed E-state index contributed by atoms with van der Waals surface area (Å²) in [6.45, 7) is 7.16. The van der Waals surface area contributed by atoms with Crippen LogP contribution in [-0.2, 0) is 11.2 Å². The van der Waals surface area contributed by atoms with Gasteiger partial charge in [-0.3, -0.25) is 9.69 Å². The first kappa shape index (κ1) is 19.3. The molecule has 3 rings (SSSR count). The number of nitrogens with one attached hydrogen (secondary N) is 2. The van der Waals surface area contributed by atoms with Gasteiger partial charge in [-0.15, -0.1) is 0 Å². The molecule has 0 aliphatic carbocycles. The van der Waals surface area contributed by atoms with Crippen LogP contribution in [0.3, 0.4) is 0 Å². The zero-order valence-corrected chi connectivity index (χ0v) is 16.1. The van der Waals surface area contributed by atoms with Crippen LogP contribution in [0.5, 0.6) is 0 Å². The Kier molecular flexibility index (Phi) is 7.47. The van der Waals surface area contributed by atoms with E-state index >= 15 is 0 Å². The molecular formula is C21H34N4O. The molecule has 0 spiro atoms. The van der Waals surface area contributed by atoms with Crippen LogP contribution in [-0.4, -0.2) is 74.6 Å². The molecule has 144 valence electrons. The lowest BCUT2D eigenvalue weighted by atomic mass is 9.89. The second kappa shape index (κ2) is 10.0. The van der Waals surface area contributed by atoms with Gasteiger partial charge < -0.3 is 15.5 Å². The zero-order chi connectivity index (χ0) is 18.2. The normalized spacial score (nSPS) is 25.1. The Morgan fingerprint density at radius 1 is 1.15 bits per heavy atom. The summed E-state index contributed by atoms with van der Waals surface area (Å²) in [7, 11) is 2.17. The van der Waals surface area contributed by atoms with Gasteiger partial charge in [-0.2, -0.15) is 0 Å². The number of hydrogen-bond acceptors (Lipinski definition) is 4. The maximum atomic E-state index is 12.4. The van der Waals surface area contributed by atoms with Crippen LogP contribution in [0, 0.1) is 5.92 Å². The van der Waals surface area contributed by atoms with E-state index in [0.717, 1.165) is 65.1 Å². The first-order valence-electron chi connectivity index (χ1n) is 10.2.